The van der Waals surface area contributed by atoms with E-state index < -0.39 is 11.6 Å². The molecule has 1 N–H and O–H groups in total. The number of benzene rings is 1. The largest absolute Gasteiger partial charge is 0.456 e. The maximum absolute atomic E-state index is 12.0. The van der Waals surface area contributed by atoms with E-state index in [9.17, 15) is 9.59 Å². The van der Waals surface area contributed by atoms with Crippen LogP contribution in [0.1, 0.15) is 41.5 Å². The second kappa shape index (κ2) is 4.29. The molecule has 0 unspecified atom stereocenters. The first-order valence-corrected chi connectivity index (χ1v) is 5.71. The molecular formula is C14H15NO3. The van der Waals surface area contributed by atoms with Crippen LogP contribution in [0.2, 0.25) is 0 Å². The highest BCUT2D eigenvalue weighted by Crippen LogP contribution is 2.22. The third-order valence-corrected chi connectivity index (χ3v) is 2.49. The van der Waals surface area contributed by atoms with Gasteiger partial charge in [-0.1, -0.05) is 12.1 Å². The Morgan fingerprint density at radius 1 is 1.33 bits per heavy atom. The Kier molecular flexibility index (Phi) is 2.95. The Balaban J connectivity index is 2.49. The van der Waals surface area contributed by atoms with Crippen molar-refractivity contribution in [3.63, 3.8) is 0 Å². The third-order valence-electron chi connectivity index (χ3n) is 2.49. The van der Waals surface area contributed by atoms with Gasteiger partial charge in [-0.25, -0.2) is 4.79 Å². The lowest BCUT2D eigenvalue weighted by atomic mass is 10.1. The second-order valence-corrected chi connectivity index (χ2v) is 5.09. The van der Waals surface area contributed by atoms with Crippen molar-refractivity contribution in [3.05, 3.63) is 35.5 Å². The van der Waals surface area contributed by atoms with E-state index in [-0.39, 0.29) is 0 Å². The van der Waals surface area contributed by atoms with Crippen molar-refractivity contribution in [1.29, 1.82) is 0 Å². The molecule has 0 spiro atoms. The smallest absolute Gasteiger partial charge is 0.340 e. The molecule has 4 nitrogen and oxygen atoms in total. The summed E-state index contributed by atoms with van der Waals surface area (Å²) in [4.78, 5) is 25.8. The number of carbonyl (C=O) groups is 2. The number of nitrogens with one attached hydrogen (secondary N) is 1. The lowest BCUT2D eigenvalue weighted by molar-refractivity contribution is 0.00716. The first-order valence-electron chi connectivity index (χ1n) is 5.71. The van der Waals surface area contributed by atoms with Crippen molar-refractivity contribution < 1.29 is 14.3 Å². The average molecular weight is 245 g/mol. The summed E-state index contributed by atoms with van der Waals surface area (Å²) in [6.45, 7) is 5.45. The molecule has 0 saturated heterocycles. The van der Waals surface area contributed by atoms with Crippen LogP contribution in [-0.2, 0) is 4.74 Å². The zero-order valence-corrected chi connectivity index (χ0v) is 10.6. The van der Waals surface area contributed by atoms with Crippen molar-refractivity contribution in [2.75, 3.05) is 0 Å². The number of para-hydroxylation sites is 1. The molecule has 1 aromatic heterocycles. The zero-order chi connectivity index (χ0) is 13.3. The molecule has 0 atom stereocenters. The molecule has 4 heteroatoms. The number of aromatic amines is 1. The van der Waals surface area contributed by atoms with Crippen molar-refractivity contribution in [1.82, 2.24) is 4.98 Å². The second-order valence-electron chi connectivity index (χ2n) is 5.09. The summed E-state index contributed by atoms with van der Waals surface area (Å²) >= 11 is 0. The van der Waals surface area contributed by atoms with Gasteiger partial charge in [0, 0.05) is 17.1 Å². The fraction of sp³-hybridized carbons (Fsp3) is 0.286. The quantitative estimate of drug-likeness (QED) is 0.653. The molecule has 94 valence electrons. The molecule has 18 heavy (non-hydrogen) atoms. The maximum Gasteiger partial charge on any atom is 0.340 e. The molecule has 2 aromatic rings. The molecule has 0 aliphatic heterocycles. The number of carbonyl (C=O) groups excluding carboxylic acids is 2. The molecule has 0 saturated carbocycles. The monoisotopic (exact) mass is 245 g/mol. The van der Waals surface area contributed by atoms with Crippen LogP contribution in [0, 0.1) is 0 Å². The molecule has 0 bridgehead atoms. The number of fused-ring (bicyclic) bond motifs is 1. The number of H-pyrrole nitrogens is 1. The number of rotatable bonds is 2. The van der Waals surface area contributed by atoms with Crippen molar-refractivity contribution >= 4 is 23.2 Å². The van der Waals surface area contributed by atoms with Gasteiger partial charge in [0.2, 0.25) is 0 Å². The minimum absolute atomic E-state index is 0.396. The minimum Gasteiger partial charge on any atom is -0.456 e. The van der Waals surface area contributed by atoms with Gasteiger partial charge in [0.1, 0.15) is 5.60 Å². The van der Waals surface area contributed by atoms with Gasteiger partial charge >= 0.3 is 5.97 Å². The SMILES string of the molecule is CC(C)(C)OC(=O)c1cccc2c(C=O)c[nH]c12. The minimum atomic E-state index is -0.542. The van der Waals surface area contributed by atoms with E-state index in [1.165, 1.54) is 0 Å². The van der Waals surface area contributed by atoms with Crippen LogP contribution in [0.4, 0.5) is 0 Å². The highest BCUT2D eigenvalue weighted by Gasteiger charge is 2.20. The Morgan fingerprint density at radius 2 is 2.06 bits per heavy atom. The molecule has 2 rings (SSSR count). The molecule has 1 aromatic carbocycles. The van der Waals surface area contributed by atoms with Gasteiger partial charge in [-0.15, -0.1) is 0 Å². The predicted octanol–water partition coefficient (Wildman–Crippen LogP) is 2.94. The third kappa shape index (κ3) is 2.27. The Labute approximate surface area is 105 Å². The van der Waals surface area contributed by atoms with E-state index >= 15 is 0 Å². The van der Waals surface area contributed by atoms with Crippen LogP contribution in [0.3, 0.4) is 0 Å². The summed E-state index contributed by atoms with van der Waals surface area (Å²) in [5.41, 5.74) is 1.07. The molecule has 0 amide bonds. The zero-order valence-electron chi connectivity index (χ0n) is 10.6. The number of hydrogen-bond donors (Lipinski definition) is 1. The summed E-state index contributed by atoms with van der Waals surface area (Å²) in [5, 5.41) is 0.730. The molecule has 0 aliphatic rings. The van der Waals surface area contributed by atoms with Crippen LogP contribution in [0.5, 0.6) is 0 Å². The number of aldehydes is 1. The fourth-order valence-electron chi connectivity index (χ4n) is 1.78. The summed E-state index contributed by atoms with van der Waals surface area (Å²) in [6.07, 6.45) is 2.35. The van der Waals surface area contributed by atoms with Gasteiger partial charge in [0.05, 0.1) is 11.1 Å². The van der Waals surface area contributed by atoms with Gasteiger partial charge in [-0.2, -0.15) is 0 Å². The molecule has 0 aliphatic carbocycles. The first kappa shape index (κ1) is 12.4. The normalized spacial score (nSPS) is 11.5. The summed E-state index contributed by atoms with van der Waals surface area (Å²) < 4.78 is 5.33. The average Bonchev–Trinajstić information content (AvgIpc) is 2.69. The first-order chi connectivity index (χ1) is 8.42. The number of aromatic nitrogens is 1. The van der Waals surface area contributed by atoms with Crippen LogP contribution >= 0.6 is 0 Å². The number of esters is 1. The lowest BCUT2D eigenvalue weighted by Crippen LogP contribution is -2.24. The number of ether oxygens (including phenoxy) is 1. The summed E-state index contributed by atoms with van der Waals surface area (Å²) in [6, 6.07) is 5.22. The van der Waals surface area contributed by atoms with Gasteiger partial charge in [-0.05, 0) is 26.8 Å². The highest BCUT2D eigenvalue weighted by atomic mass is 16.6. The van der Waals surface area contributed by atoms with Gasteiger partial charge < -0.3 is 9.72 Å². The van der Waals surface area contributed by atoms with Crippen molar-refractivity contribution in [2.45, 2.75) is 26.4 Å². The summed E-state index contributed by atoms with van der Waals surface area (Å²) in [5.74, 6) is -0.396. The maximum atomic E-state index is 12.0. The van der Waals surface area contributed by atoms with E-state index in [0.29, 0.717) is 16.6 Å². The predicted molar refractivity (Wildman–Crippen MR) is 68.9 cm³/mol. The van der Waals surface area contributed by atoms with Crippen LogP contribution in [-0.4, -0.2) is 22.8 Å². The highest BCUT2D eigenvalue weighted by molar-refractivity contribution is 6.07. The van der Waals surface area contributed by atoms with Crippen molar-refractivity contribution in [2.24, 2.45) is 0 Å². The Hall–Kier alpha value is -2.10. The van der Waals surface area contributed by atoms with E-state index in [1.54, 1.807) is 24.4 Å². The number of hydrogen-bond acceptors (Lipinski definition) is 3. The van der Waals surface area contributed by atoms with E-state index in [2.05, 4.69) is 4.98 Å². The molecular weight excluding hydrogens is 230 g/mol. The molecule has 0 fully saturated rings. The van der Waals surface area contributed by atoms with Crippen LogP contribution in [0.15, 0.2) is 24.4 Å². The van der Waals surface area contributed by atoms with Crippen molar-refractivity contribution in [3.8, 4) is 0 Å². The van der Waals surface area contributed by atoms with Gasteiger partial charge in [-0.3, -0.25) is 4.79 Å². The van der Waals surface area contributed by atoms with Crippen LogP contribution < -0.4 is 0 Å². The topological polar surface area (TPSA) is 59.2 Å². The Morgan fingerprint density at radius 3 is 2.67 bits per heavy atom. The van der Waals surface area contributed by atoms with Crippen LogP contribution in [0.25, 0.3) is 10.9 Å². The van der Waals surface area contributed by atoms with E-state index in [1.807, 2.05) is 20.8 Å². The standard InChI is InChI=1S/C14H15NO3/c1-14(2,3)18-13(17)11-6-4-5-10-9(8-16)7-15-12(10)11/h4-8,15H,1-3H3. The lowest BCUT2D eigenvalue weighted by Gasteiger charge is -2.19. The Bertz CT molecular complexity index is 605. The molecule has 1 heterocycles. The summed E-state index contributed by atoms with van der Waals surface area (Å²) in [7, 11) is 0. The van der Waals surface area contributed by atoms with Gasteiger partial charge in [0.25, 0.3) is 0 Å². The fourth-order valence-corrected chi connectivity index (χ4v) is 1.78. The van der Waals surface area contributed by atoms with E-state index in [0.717, 1.165) is 11.7 Å². The van der Waals surface area contributed by atoms with E-state index in [4.69, 9.17) is 4.74 Å². The van der Waals surface area contributed by atoms with Gasteiger partial charge in [0.15, 0.2) is 6.29 Å². The molecule has 0 radical (unpaired) electrons.